The Bertz CT molecular complexity index is 1320. The van der Waals surface area contributed by atoms with Gasteiger partial charge in [-0.3, -0.25) is 4.18 Å². The van der Waals surface area contributed by atoms with Gasteiger partial charge in [-0.2, -0.15) is 8.42 Å². The van der Waals surface area contributed by atoms with E-state index in [4.69, 9.17) is 14.1 Å². The SMILES string of the molecule is CC(C)(C)OC1CC(n2ccc3c(NC4CCc5ccccc54)ncnc32)CC1COS(N)(=O)=O. The van der Waals surface area contributed by atoms with Crippen LogP contribution in [0.1, 0.15) is 63.2 Å². The standard InChI is InChI=1S/C25H33N5O4S/c1-25(2,3)34-22-13-18(12-17(22)14-33-35(26,31)32)30-11-10-20-23(27-15-28-24(20)30)29-21-9-8-16-6-4-5-7-19(16)21/h4-7,10-11,15,17-18,21-22H,8-9,12-14H2,1-3H3,(H2,26,31,32)(H,27,28,29). The Kier molecular flexibility index (Phi) is 6.33. The number of hydrogen-bond donors (Lipinski definition) is 2. The maximum Gasteiger partial charge on any atom is 0.333 e. The minimum absolute atomic E-state index is 0.00183. The van der Waals surface area contributed by atoms with Crippen molar-refractivity contribution in [3.05, 3.63) is 54.0 Å². The first kappa shape index (κ1) is 24.2. The highest BCUT2D eigenvalue weighted by molar-refractivity contribution is 7.84. The monoisotopic (exact) mass is 499 g/mol. The largest absolute Gasteiger partial charge is 0.372 e. The van der Waals surface area contributed by atoms with E-state index in [1.54, 1.807) is 6.33 Å². The van der Waals surface area contributed by atoms with Crippen molar-refractivity contribution in [1.82, 2.24) is 14.5 Å². The minimum Gasteiger partial charge on any atom is -0.372 e. The van der Waals surface area contributed by atoms with Gasteiger partial charge in [0, 0.05) is 18.2 Å². The summed E-state index contributed by atoms with van der Waals surface area (Å²) in [7, 11) is -4.01. The van der Waals surface area contributed by atoms with Crippen molar-refractivity contribution in [2.75, 3.05) is 11.9 Å². The third kappa shape index (κ3) is 5.35. The summed E-state index contributed by atoms with van der Waals surface area (Å²) < 4.78 is 36.2. The van der Waals surface area contributed by atoms with E-state index in [2.05, 4.69) is 44.1 Å². The first-order valence-electron chi connectivity index (χ1n) is 12.1. The van der Waals surface area contributed by atoms with Gasteiger partial charge in [0.2, 0.25) is 0 Å². The van der Waals surface area contributed by atoms with E-state index in [-0.39, 0.29) is 36.3 Å². The van der Waals surface area contributed by atoms with Gasteiger partial charge in [0.05, 0.1) is 29.7 Å². The van der Waals surface area contributed by atoms with Gasteiger partial charge in [0.1, 0.15) is 17.8 Å². The summed E-state index contributed by atoms with van der Waals surface area (Å²) in [6.45, 7) is 5.98. The molecule has 10 heteroatoms. The Morgan fingerprint density at radius 3 is 2.74 bits per heavy atom. The molecule has 4 atom stereocenters. The third-order valence-electron chi connectivity index (χ3n) is 6.90. The summed E-state index contributed by atoms with van der Waals surface area (Å²) in [6, 6.07) is 10.9. The summed E-state index contributed by atoms with van der Waals surface area (Å²) in [4.78, 5) is 9.16. The molecule has 188 valence electrons. The van der Waals surface area contributed by atoms with Crippen molar-refractivity contribution in [1.29, 1.82) is 0 Å². The van der Waals surface area contributed by atoms with Crippen LogP contribution in [0.5, 0.6) is 0 Å². The highest BCUT2D eigenvalue weighted by atomic mass is 32.2. The van der Waals surface area contributed by atoms with E-state index in [9.17, 15) is 8.42 Å². The molecule has 3 aromatic rings. The molecule has 35 heavy (non-hydrogen) atoms. The molecular formula is C25H33N5O4S. The number of aromatic nitrogens is 3. The second-order valence-electron chi connectivity index (χ2n) is 10.5. The number of rotatable bonds is 7. The summed E-state index contributed by atoms with van der Waals surface area (Å²) >= 11 is 0. The maximum absolute atomic E-state index is 11.4. The molecule has 4 unspecified atom stereocenters. The number of nitrogens with one attached hydrogen (secondary N) is 1. The third-order valence-corrected chi connectivity index (χ3v) is 7.37. The molecule has 0 amide bonds. The fourth-order valence-corrected chi connectivity index (χ4v) is 5.86. The number of nitrogens with zero attached hydrogens (tertiary/aromatic N) is 3. The second kappa shape index (κ2) is 9.16. The zero-order valence-corrected chi connectivity index (χ0v) is 21.2. The number of anilines is 1. The molecule has 5 rings (SSSR count). The summed E-state index contributed by atoms with van der Waals surface area (Å²) in [5.74, 6) is 0.717. The number of hydrogen-bond acceptors (Lipinski definition) is 7. The average Bonchev–Trinajstić information content (AvgIpc) is 3.48. The normalized spacial score (nSPS) is 24.7. The number of aryl methyl sites for hydroxylation is 1. The molecule has 9 nitrogen and oxygen atoms in total. The van der Waals surface area contributed by atoms with Crippen LogP contribution >= 0.6 is 0 Å². The first-order valence-corrected chi connectivity index (χ1v) is 13.6. The van der Waals surface area contributed by atoms with Gasteiger partial charge in [-0.25, -0.2) is 15.1 Å². The quantitative estimate of drug-likeness (QED) is 0.506. The molecular weight excluding hydrogens is 466 g/mol. The van der Waals surface area contributed by atoms with Crippen molar-refractivity contribution in [2.45, 2.75) is 70.2 Å². The van der Waals surface area contributed by atoms with E-state index in [1.807, 2.05) is 33.0 Å². The van der Waals surface area contributed by atoms with Crippen LogP contribution in [0.3, 0.4) is 0 Å². The fourth-order valence-electron chi connectivity index (χ4n) is 5.49. The summed E-state index contributed by atoms with van der Waals surface area (Å²) in [5.41, 5.74) is 3.20. The lowest BCUT2D eigenvalue weighted by atomic mass is 10.1. The van der Waals surface area contributed by atoms with Crippen LogP contribution in [0.4, 0.5) is 5.82 Å². The van der Waals surface area contributed by atoms with Crippen molar-refractivity contribution in [3.63, 3.8) is 0 Å². The van der Waals surface area contributed by atoms with Gasteiger partial charge in [-0.05, 0) is 63.6 Å². The topological polar surface area (TPSA) is 121 Å². The number of benzene rings is 1. The van der Waals surface area contributed by atoms with Gasteiger partial charge < -0.3 is 14.6 Å². The lowest BCUT2D eigenvalue weighted by Crippen LogP contribution is -2.32. The Morgan fingerprint density at radius 2 is 1.97 bits per heavy atom. The molecule has 3 N–H and O–H groups in total. The predicted octanol–water partition coefficient (Wildman–Crippen LogP) is 3.89. The Labute approximate surface area is 206 Å². The first-order chi connectivity index (χ1) is 16.6. The van der Waals surface area contributed by atoms with Crippen LogP contribution in [0, 0.1) is 5.92 Å². The molecule has 0 bridgehead atoms. The van der Waals surface area contributed by atoms with Crippen LogP contribution < -0.4 is 10.5 Å². The highest BCUT2D eigenvalue weighted by Crippen LogP contribution is 2.41. The van der Waals surface area contributed by atoms with E-state index in [0.29, 0.717) is 6.42 Å². The molecule has 0 radical (unpaired) electrons. The number of ether oxygens (including phenoxy) is 1. The zero-order valence-electron chi connectivity index (χ0n) is 20.3. The molecule has 0 aliphatic heterocycles. The van der Waals surface area contributed by atoms with Crippen LogP contribution in [0.15, 0.2) is 42.9 Å². The van der Waals surface area contributed by atoms with Gasteiger partial charge >= 0.3 is 10.3 Å². The van der Waals surface area contributed by atoms with Gasteiger partial charge in [0.25, 0.3) is 0 Å². The molecule has 2 aliphatic rings. The summed E-state index contributed by atoms with van der Waals surface area (Å²) in [5, 5.41) is 9.69. The summed E-state index contributed by atoms with van der Waals surface area (Å²) in [6.07, 6.45) is 6.99. The number of fused-ring (bicyclic) bond motifs is 2. The van der Waals surface area contributed by atoms with Crippen molar-refractivity contribution >= 4 is 27.2 Å². The molecule has 2 heterocycles. The van der Waals surface area contributed by atoms with Crippen molar-refractivity contribution in [3.8, 4) is 0 Å². The second-order valence-corrected chi connectivity index (χ2v) is 11.8. The zero-order chi connectivity index (χ0) is 24.8. The lowest BCUT2D eigenvalue weighted by Gasteiger charge is -2.28. The lowest BCUT2D eigenvalue weighted by molar-refractivity contribution is -0.0808. The van der Waals surface area contributed by atoms with Crippen LogP contribution in [-0.4, -0.2) is 41.3 Å². The molecule has 2 aliphatic carbocycles. The number of nitrogens with two attached hydrogens (primary N) is 1. The van der Waals surface area contributed by atoms with E-state index < -0.39 is 10.3 Å². The predicted molar refractivity (Wildman–Crippen MR) is 134 cm³/mol. The fraction of sp³-hybridized carbons (Fsp3) is 0.520. The van der Waals surface area contributed by atoms with Crippen molar-refractivity contribution < 1.29 is 17.3 Å². The molecule has 0 spiro atoms. The maximum atomic E-state index is 11.4. The van der Waals surface area contributed by atoms with Gasteiger partial charge in [-0.15, -0.1) is 0 Å². The Balaban J connectivity index is 1.39. The average molecular weight is 500 g/mol. The molecule has 0 saturated heterocycles. The molecule has 2 aromatic heterocycles. The van der Waals surface area contributed by atoms with Crippen LogP contribution in [0.25, 0.3) is 11.0 Å². The van der Waals surface area contributed by atoms with E-state index >= 15 is 0 Å². The Morgan fingerprint density at radius 1 is 1.17 bits per heavy atom. The highest BCUT2D eigenvalue weighted by Gasteiger charge is 2.39. The van der Waals surface area contributed by atoms with E-state index in [0.717, 1.165) is 36.1 Å². The van der Waals surface area contributed by atoms with Gasteiger partial charge in [0.15, 0.2) is 0 Å². The Hall–Kier alpha value is -2.53. The molecule has 1 aromatic carbocycles. The molecule has 1 fully saturated rings. The van der Waals surface area contributed by atoms with Crippen LogP contribution in [0.2, 0.25) is 0 Å². The smallest absolute Gasteiger partial charge is 0.333 e. The van der Waals surface area contributed by atoms with Crippen LogP contribution in [-0.2, 0) is 25.6 Å². The van der Waals surface area contributed by atoms with Crippen molar-refractivity contribution in [2.24, 2.45) is 11.1 Å². The molecule has 1 saturated carbocycles. The minimum atomic E-state index is -4.01. The van der Waals surface area contributed by atoms with Gasteiger partial charge in [-0.1, -0.05) is 24.3 Å². The van der Waals surface area contributed by atoms with E-state index in [1.165, 1.54) is 11.1 Å².